The Hall–Kier alpha value is -5.06. The van der Waals surface area contributed by atoms with Crippen LogP contribution in [-0.2, 0) is 6.18 Å². The van der Waals surface area contributed by atoms with Crippen molar-refractivity contribution in [2.75, 3.05) is 11.5 Å². The van der Waals surface area contributed by atoms with E-state index in [4.69, 9.17) is 16.7 Å². The van der Waals surface area contributed by atoms with Gasteiger partial charge in [-0.2, -0.15) is 28.4 Å². The van der Waals surface area contributed by atoms with Crippen LogP contribution in [0.15, 0.2) is 58.6 Å². The van der Waals surface area contributed by atoms with Gasteiger partial charge in [0.1, 0.15) is 18.7 Å². The predicted molar refractivity (Wildman–Crippen MR) is 123 cm³/mol. The highest BCUT2D eigenvalue weighted by Crippen LogP contribution is 2.34. The number of nitrogens with two attached hydrogens (primary N) is 2. The molecule has 4 N–H and O–H groups in total. The van der Waals surface area contributed by atoms with Crippen LogP contribution in [0.3, 0.4) is 0 Å². The largest absolute Gasteiger partial charge is 0.418 e. The summed E-state index contributed by atoms with van der Waals surface area (Å²) >= 11 is 0. The highest BCUT2D eigenvalue weighted by atomic mass is 19.4. The number of hydrogen-bond acceptors (Lipinski definition) is 9. The summed E-state index contributed by atoms with van der Waals surface area (Å²) in [5.74, 6) is -0.373. The van der Waals surface area contributed by atoms with E-state index in [9.17, 15) is 22.8 Å². The Kier molecular flexibility index (Phi) is 7.14. The molecule has 2 aromatic heterocycles. The Morgan fingerprint density at radius 1 is 0.833 bits per heavy atom. The smallest absolute Gasteiger partial charge is 0.368 e. The zero-order chi connectivity index (χ0) is 26.6. The van der Waals surface area contributed by atoms with Crippen molar-refractivity contribution >= 4 is 11.9 Å². The average Bonchev–Trinajstić information content (AvgIpc) is 2.80. The summed E-state index contributed by atoms with van der Waals surface area (Å²) in [6.45, 7) is 3.27. The molecule has 0 aliphatic carbocycles. The second-order valence-corrected chi connectivity index (χ2v) is 7.29. The maximum atomic E-state index is 12.9. The lowest BCUT2D eigenvalue weighted by atomic mass is 10.1. The number of para-hydroxylation sites is 2. The Balaban J connectivity index is 0.000000202. The van der Waals surface area contributed by atoms with Gasteiger partial charge in [0, 0.05) is 0 Å². The topological polar surface area (TPSA) is 171 Å². The lowest BCUT2D eigenvalue weighted by Gasteiger charge is -2.15. The predicted octanol–water partition coefficient (Wildman–Crippen LogP) is 1.93. The molecule has 0 spiro atoms. The van der Waals surface area contributed by atoms with Crippen LogP contribution in [-0.4, -0.2) is 29.1 Å². The molecular weight excluding hydrogens is 479 g/mol. The first-order valence-electron chi connectivity index (χ1n) is 10.0. The summed E-state index contributed by atoms with van der Waals surface area (Å²) in [6, 6.07) is 10.8. The lowest BCUT2D eigenvalue weighted by molar-refractivity contribution is -0.137. The monoisotopic (exact) mass is 497 g/mol. The van der Waals surface area contributed by atoms with Crippen LogP contribution in [0.25, 0.3) is 11.4 Å². The lowest BCUT2D eigenvalue weighted by Crippen LogP contribution is -2.26. The van der Waals surface area contributed by atoms with Gasteiger partial charge in [0.05, 0.1) is 22.5 Å². The molecule has 184 valence electrons. The standard InChI is InChI=1S/C11H9F3N4O.C11H9N5O/c1-6-3-2-4-7(11(12,13)14)8(6)18-5-16-9(15)17-10(18)19;1-7-3-2-4-8(5-12)9(7)16-6-14-10(13)15-11(16)17/h2-5H,1H3,(H2,15,17,19);2-4,6H,1H3,(H2,13,15,17). The first-order chi connectivity index (χ1) is 16.9. The van der Waals surface area contributed by atoms with Crippen LogP contribution in [0.2, 0.25) is 0 Å². The summed E-state index contributed by atoms with van der Waals surface area (Å²) < 4.78 is 40.8. The third-order valence-corrected chi connectivity index (χ3v) is 4.83. The molecule has 2 heterocycles. The van der Waals surface area contributed by atoms with Gasteiger partial charge < -0.3 is 11.5 Å². The van der Waals surface area contributed by atoms with Crippen molar-refractivity contribution in [2.45, 2.75) is 20.0 Å². The van der Waals surface area contributed by atoms with Gasteiger partial charge in [0.25, 0.3) is 0 Å². The normalized spacial score (nSPS) is 10.8. The van der Waals surface area contributed by atoms with Crippen LogP contribution in [0.1, 0.15) is 22.3 Å². The van der Waals surface area contributed by atoms with Gasteiger partial charge in [-0.05, 0) is 37.1 Å². The molecule has 0 radical (unpaired) electrons. The Bertz CT molecular complexity index is 1590. The first-order valence-corrected chi connectivity index (χ1v) is 10.0. The molecule has 0 amide bonds. The molecule has 0 aliphatic rings. The number of aryl methyl sites for hydroxylation is 2. The minimum absolute atomic E-state index is 0.0849. The molecule has 36 heavy (non-hydrogen) atoms. The van der Waals surface area contributed by atoms with E-state index >= 15 is 0 Å². The SMILES string of the molecule is Cc1cccc(C#N)c1-n1cnc(N)nc1=O.Cc1cccc(C(F)(F)F)c1-n1cnc(N)nc1=O. The van der Waals surface area contributed by atoms with Crippen molar-refractivity contribution in [2.24, 2.45) is 0 Å². The molecule has 4 rings (SSSR count). The molecule has 0 unspecified atom stereocenters. The van der Waals surface area contributed by atoms with Crippen molar-refractivity contribution in [3.63, 3.8) is 0 Å². The number of nitriles is 1. The number of nitrogens with zero attached hydrogens (tertiary/aromatic N) is 7. The van der Waals surface area contributed by atoms with Gasteiger partial charge in [0.15, 0.2) is 0 Å². The van der Waals surface area contributed by atoms with Crippen molar-refractivity contribution in [3.05, 3.63) is 92.3 Å². The summed E-state index contributed by atoms with van der Waals surface area (Å²) in [5, 5.41) is 9.02. The van der Waals surface area contributed by atoms with E-state index in [0.29, 0.717) is 11.3 Å². The molecule has 0 aliphatic heterocycles. The summed E-state index contributed by atoms with van der Waals surface area (Å²) in [5.41, 5.74) is 9.79. The van der Waals surface area contributed by atoms with Crippen molar-refractivity contribution < 1.29 is 13.2 Å². The van der Waals surface area contributed by atoms with Gasteiger partial charge in [-0.1, -0.05) is 24.3 Å². The number of rotatable bonds is 2. The van der Waals surface area contributed by atoms with Gasteiger partial charge in [-0.3, -0.25) is 0 Å². The molecule has 0 saturated heterocycles. The second kappa shape index (κ2) is 10.1. The van der Waals surface area contributed by atoms with E-state index in [1.54, 1.807) is 25.1 Å². The molecule has 4 aromatic rings. The van der Waals surface area contributed by atoms with E-state index in [1.165, 1.54) is 30.0 Å². The molecule has 2 aromatic carbocycles. The number of benzene rings is 2. The van der Waals surface area contributed by atoms with Crippen LogP contribution < -0.4 is 22.8 Å². The van der Waals surface area contributed by atoms with Crippen molar-refractivity contribution in [3.8, 4) is 17.4 Å². The van der Waals surface area contributed by atoms with E-state index in [2.05, 4.69) is 19.9 Å². The number of alkyl halides is 3. The number of anilines is 2. The number of nitrogen functional groups attached to an aromatic ring is 2. The fraction of sp³-hybridized carbons (Fsp3) is 0.136. The fourth-order valence-electron chi connectivity index (χ4n) is 3.28. The minimum atomic E-state index is -4.58. The highest BCUT2D eigenvalue weighted by molar-refractivity contribution is 5.53. The minimum Gasteiger partial charge on any atom is -0.368 e. The zero-order valence-corrected chi connectivity index (χ0v) is 18.9. The third-order valence-electron chi connectivity index (χ3n) is 4.83. The van der Waals surface area contributed by atoms with Crippen molar-refractivity contribution in [1.29, 1.82) is 5.26 Å². The first kappa shape index (κ1) is 25.6. The molecular formula is C22H18F3N9O2. The summed E-state index contributed by atoms with van der Waals surface area (Å²) in [4.78, 5) is 37.5. The maximum absolute atomic E-state index is 12.9. The highest BCUT2D eigenvalue weighted by Gasteiger charge is 2.34. The van der Waals surface area contributed by atoms with Gasteiger partial charge in [-0.25, -0.2) is 28.7 Å². The number of halogens is 3. The van der Waals surface area contributed by atoms with Crippen LogP contribution >= 0.6 is 0 Å². The van der Waals surface area contributed by atoms with E-state index in [-0.39, 0.29) is 23.1 Å². The van der Waals surface area contributed by atoms with Gasteiger partial charge in [-0.15, -0.1) is 0 Å². The fourth-order valence-corrected chi connectivity index (χ4v) is 3.28. The third kappa shape index (κ3) is 5.36. The number of aromatic nitrogens is 6. The summed E-state index contributed by atoms with van der Waals surface area (Å²) in [6.07, 6.45) is -2.38. The zero-order valence-electron chi connectivity index (χ0n) is 18.9. The average molecular weight is 497 g/mol. The summed E-state index contributed by atoms with van der Waals surface area (Å²) in [7, 11) is 0. The van der Waals surface area contributed by atoms with Crippen LogP contribution in [0, 0.1) is 25.2 Å². The molecule has 0 saturated carbocycles. The Labute approximate surface area is 201 Å². The molecule has 14 heteroatoms. The molecule has 0 fully saturated rings. The van der Waals surface area contributed by atoms with E-state index in [0.717, 1.165) is 22.5 Å². The molecule has 0 atom stereocenters. The maximum Gasteiger partial charge on any atom is 0.418 e. The number of hydrogen-bond donors (Lipinski definition) is 2. The van der Waals surface area contributed by atoms with Crippen LogP contribution in [0.4, 0.5) is 25.1 Å². The Morgan fingerprint density at radius 3 is 1.78 bits per heavy atom. The van der Waals surface area contributed by atoms with Crippen LogP contribution in [0.5, 0.6) is 0 Å². The van der Waals surface area contributed by atoms with E-state index in [1.807, 2.05) is 6.07 Å². The Morgan fingerprint density at radius 2 is 1.31 bits per heavy atom. The van der Waals surface area contributed by atoms with E-state index < -0.39 is 23.1 Å². The van der Waals surface area contributed by atoms with Gasteiger partial charge in [0.2, 0.25) is 11.9 Å². The van der Waals surface area contributed by atoms with Crippen molar-refractivity contribution in [1.82, 2.24) is 29.1 Å². The quantitative estimate of drug-likeness (QED) is 0.420. The molecule has 11 nitrogen and oxygen atoms in total. The second-order valence-electron chi connectivity index (χ2n) is 7.29. The molecule has 0 bridgehead atoms. The van der Waals surface area contributed by atoms with Gasteiger partial charge >= 0.3 is 17.6 Å².